The van der Waals surface area contributed by atoms with Crippen LogP contribution in [0.3, 0.4) is 0 Å². The molecule has 3 aromatic rings. The zero-order chi connectivity index (χ0) is 20.9. The van der Waals surface area contributed by atoms with Crippen molar-refractivity contribution < 1.29 is 22.4 Å². The summed E-state index contributed by atoms with van der Waals surface area (Å²) >= 11 is 1.15. The lowest BCUT2D eigenvalue weighted by Crippen LogP contribution is -2.25. The van der Waals surface area contributed by atoms with Gasteiger partial charge in [-0.2, -0.15) is 0 Å². The van der Waals surface area contributed by atoms with Gasteiger partial charge < -0.3 is 14.5 Å². The summed E-state index contributed by atoms with van der Waals surface area (Å²) in [6.45, 7) is 2.59. The van der Waals surface area contributed by atoms with Crippen molar-refractivity contribution in [3.05, 3.63) is 42.5 Å². The van der Waals surface area contributed by atoms with E-state index in [1.54, 1.807) is 30.3 Å². The molecule has 0 unspecified atom stereocenters. The Morgan fingerprint density at radius 3 is 2.79 bits per heavy atom. The van der Waals surface area contributed by atoms with Gasteiger partial charge in [-0.1, -0.05) is 30.8 Å². The summed E-state index contributed by atoms with van der Waals surface area (Å²) in [4.78, 5) is 16.0. The Bertz CT molecular complexity index is 1110. The molecule has 0 spiro atoms. The molecule has 0 atom stereocenters. The molecule has 2 aromatic carbocycles. The lowest BCUT2D eigenvalue weighted by molar-refractivity contribution is -0.118. The molecule has 1 heterocycles. The third kappa shape index (κ3) is 5.21. The number of rotatable bonds is 9. The number of anilines is 1. The molecular formula is C19H21N3O5S2. The average molecular weight is 436 g/mol. The van der Waals surface area contributed by atoms with Crippen molar-refractivity contribution in [2.45, 2.75) is 23.5 Å². The first-order valence-corrected chi connectivity index (χ1v) is 11.4. The number of amides is 1. The summed E-state index contributed by atoms with van der Waals surface area (Å²) in [6, 6.07) is 11.1. The summed E-state index contributed by atoms with van der Waals surface area (Å²) in [5.74, 6) is 0.481. The zero-order valence-electron chi connectivity index (χ0n) is 16.0. The van der Waals surface area contributed by atoms with Gasteiger partial charge in [0, 0.05) is 6.54 Å². The molecule has 0 saturated heterocycles. The second-order valence-corrected chi connectivity index (χ2v) is 8.66. The van der Waals surface area contributed by atoms with Crippen LogP contribution in [0.2, 0.25) is 0 Å². The van der Waals surface area contributed by atoms with E-state index in [4.69, 9.17) is 9.15 Å². The van der Waals surface area contributed by atoms with Crippen LogP contribution in [0.5, 0.6) is 5.75 Å². The van der Waals surface area contributed by atoms with Gasteiger partial charge in [0.25, 0.3) is 15.2 Å². The number of hydrogen-bond donors (Lipinski definition) is 2. The molecule has 0 radical (unpaired) electrons. The Kier molecular flexibility index (Phi) is 6.65. The van der Waals surface area contributed by atoms with Gasteiger partial charge in [0.15, 0.2) is 5.58 Å². The van der Waals surface area contributed by atoms with Gasteiger partial charge in [-0.05, 0) is 36.8 Å². The first-order valence-electron chi connectivity index (χ1n) is 8.89. The number of methoxy groups -OCH3 is 1. The Hall–Kier alpha value is -2.72. The fourth-order valence-electron chi connectivity index (χ4n) is 2.49. The third-order valence-corrected chi connectivity index (χ3v) is 6.09. The summed E-state index contributed by atoms with van der Waals surface area (Å²) in [6.07, 6.45) is 0.861. The van der Waals surface area contributed by atoms with Crippen LogP contribution in [-0.2, 0) is 14.8 Å². The van der Waals surface area contributed by atoms with E-state index >= 15 is 0 Å². The minimum atomic E-state index is -3.85. The molecule has 2 N–H and O–H groups in total. The van der Waals surface area contributed by atoms with Crippen molar-refractivity contribution in [3.63, 3.8) is 0 Å². The van der Waals surface area contributed by atoms with Crippen LogP contribution < -0.4 is 14.8 Å². The first kappa shape index (κ1) is 21.0. The Morgan fingerprint density at radius 1 is 1.24 bits per heavy atom. The number of aromatic nitrogens is 1. The second kappa shape index (κ2) is 9.19. The largest absolute Gasteiger partial charge is 0.495 e. The zero-order valence-corrected chi connectivity index (χ0v) is 17.6. The van der Waals surface area contributed by atoms with E-state index in [1.807, 2.05) is 6.92 Å². The number of carbonyl (C=O) groups is 1. The Labute approximate surface area is 173 Å². The number of hydrogen-bond acceptors (Lipinski definition) is 7. The highest BCUT2D eigenvalue weighted by atomic mass is 32.2. The number of thioether (sulfide) groups is 1. The molecule has 1 aromatic heterocycles. The van der Waals surface area contributed by atoms with Gasteiger partial charge in [-0.3, -0.25) is 9.52 Å². The van der Waals surface area contributed by atoms with E-state index in [0.29, 0.717) is 34.3 Å². The maximum atomic E-state index is 12.8. The standard InChI is InChI=1S/C19H21N3O5S2/c1-3-10-20-18(23)12-28-19-21-15-11-13(8-9-17(15)27-19)29(24,25)22-14-6-4-5-7-16(14)26-2/h4-9,11,22H,3,10,12H2,1-2H3,(H,20,23). The Balaban J connectivity index is 1.77. The minimum absolute atomic E-state index is 0.0430. The van der Waals surface area contributed by atoms with Gasteiger partial charge in [0.1, 0.15) is 11.3 Å². The molecule has 8 nitrogen and oxygen atoms in total. The number of nitrogens with one attached hydrogen (secondary N) is 2. The highest BCUT2D eigenvalue weighted by Crippen LogP contribution is 2.28. The maximum absolute atomic E-state index is 12.8. The molecule has 0 saturated carbocycles. The van der Waals surface area contributed by atoms with Crippen molar-refractivity contribution in [3.8, 4) is 5.75 Å². The molecule has 1 amide bonds. The summed E-state index contributed by atoms with van der Waals surface area (Å²) in [7, 11) is -2.38. The number of benzene rings is 2. The molecule has 0 aliphatic carbocycles. The van der Waals surface area contributed by atoms with Crippen molar-refractivity contribution in [1.29, 1.82) is 0 Å². The van der Waals surface area contributed by atoms with Crippen molar-refractivity contribution in [1.82, 2.24) is 10.3 Å². The van der Waals surface area contributed by atoms with E-state index in [9.17, 15) is 13.2 Å². The molecular weight excluding hydrogens is 414 g/mol. The van der Waals surface area contributed by atoms with Gasteiger partial charge in [0.05, 0.1) is 23.4 Å². The van der Waals surface area contributed by atoms with E-state index in [2.05, 4.69) is 15.0 Å². The van der Waals surface area contributed by atoms with Gasteiger partial charge in [-0.25, -0.2) is 13.4 Å². The topological polar surface area (TPSA) is 111 Å². The highest BCUT2D eigenvalue weighted by molar-refractivity contribution is 7.99. The second-order valence-electron chi connectivity index (χ2n) is 6.05. The van der Waals surface area contributed by atoms with Crippen molar-refractivity contribution in [2.75, 3.05) is 24.1 Å². The molecule has 10 heteroatoms. The number of ether oxygens (including phenoxy) is 1. The highest BCUT2D eigenvalue weighted by Gasteiger charge is 2.18. The van der Waals surface area contributed by atoms with Crippen LogP contribution >= 0.6 is 11.8 Å². The van der Waals surface area contributed by atoms with E-state index in [1.165, 1.54) is 19.2 Å². The lowest BCUT2D eigenvalue weighted by Gasteiger charge is -2.11. The monoisotopic (exact) mass is 435 g/mol. The molecule has 29 heavy (non-hydrogen) atoms. The quantitative estimate of drug-likeness (QED) is 0.496. The molecule has 0 fully saturated rings. The van der Waals surface area contributed by atoms with Gasteiger partial charge in [0.2, 0.25) is 5.91 Å². The maximum Gasteiger partial charge on any atom is 0.262 e. The average Bonchev–Trinajstić information content (AvgIpc) is 3.13. The molecule has 3 rings (SSSR count). The summed E-state index contributed by atoms with van der Waals surface area (Å²) < 4.78 is 38.8. The van der Waals surface area contributed by atoms with Crippen LogP contribution in [0.15, 0.2) is 57.0 Å². The van der Waals surface area contributed by atoms with Crippen LogP contribution in [0, 0.1) is 0 Å². The molecule has 154 valence electrons. The molecule has 0 aliphatic rings. The van der Waals surface area contributed by atoms with E-state index in [0.717, 1.165) is 18.2 Å². The summed E-state index contributed by atoms with van der Waals surface area (Å²) in [5, 5.41) is 3.08. The summed E-state index contributed by atoms with van der Waals surface area (Å²) in [5.41, 5.74) is 1.17. The fourth-order valence-corrected chi connectivity index (χ4v) is 4.25. The molecule has 0 aliphatic heterocycles. The minimum Gasteiger partial charge on any atom is -0.495 e. The third-order valence-electron chi connectivity index (χ3n) is 3.90. The smallest absolute Gasteiger partial charge is 0.262 e. The number of para-hydroxylation sites is 2. The van der Waals surface area contributed by atoms with E-state index < -0.39 is 10.0 Å². The number of sulfonamides is 1. The number of fused-ring (bicyclic) bond motifs is 1. The van der Waals surface area contributed by atoms with Crippen LogP contribution in [-0.4, -0.2) is 38.7 Å². The van der Waals surface area contributed by atoms with Gasteiger partial charge >= 0.3 is 0 Å². The lowest BCUT2D eigenvalue weighted by atomic mass is 10.3. The normalized spacial score (nSPS) is 11.4. The van der Waals surface area contributed by atoms with Gasteiger partial charge in [-0.15, -0.1) is 0 Å². The predicted molar refractivity (Wildman–Crippen MR) is 112 cm³/mol. The SMILES string of the molecule is CCCNC(=O)CSc1nc2cc(S(=O)(=O)Nc3ccccc3OC)ccc2o1. The molecule has 0 bridgehead atoms. The number of nitrogens with zero attached hydrogens (tertiary/aromatic N) is 1. The number of carbonyl (C=O) groups excluding carboxylic acids is 1. The first-order chi connectivity index (χ1) is 13.9. The van der Waals surface area contributed by atoms with Crippen LogP contribution in [0.4, 0.5) is 5.69 Å². The number of oxazole rings is 1. The van der Waals surface area contributed by atoms with Crippen LogP contribution in [0.25, 0.3) is 11.1 Å². The predicted octanol–water partition coefficient (Wildman–Crippen LogP) is 3.26. The van der Waals surface area contributed by atoms with Crippen molar-refractivity contribution in [2.24, 2.45) is 0 Å². The van der Waals surface area contributed by atoms with Crippen molar-refractivity contribution >= 4 is 44.5 Å². The Morgan fingerprint density at radius 2 is 2.03 bits per heavy atom. The fraction of sp³-hybridized carbons (Fsp3) is 0.263. The van der Waals surface area contributed by atoms with E-state index in [-0.39, 0.29) is 16.6 Å². The van der Waals surface area contributed by atoms with Crippen LogP contribution in [0.1, 0.15) is 13.3 Å².